The molecule has 0 heterocycles. The Morgan fingerprint density at radius 1 is 1.29 bits per heavy atom. The molecule has 0 bridgehead atoms. The molecule has 1 atom stereocenters. The van der Waals surface area contributed by atoms with Crippen LogP contribution in [0.2, 0.25) is 0 Å². The first-order valence-electron chi connectivity index (χ1n) is 6.19. The highest BCUT2D eigenvalue weighted by Gasteiger charge is 2.31. The van der Waals surface area contributed by atoms with E-state index in [1.165, 1.54) is 13.2 Å². The summed E-state index contributed by atoms with van der Waals surface area (Å²) in [5.41, 5.74) is -0.488. The largest absolute Gasteiger partial charge is 0.416 e. The van der Waals surface area contributed by atoms with Gasteiger partial charge in [-0.25, -0.2) is 0 Å². The maximum absolute atomic E-state index is 12.7. The maximum atomic E-state index is 12.7. The second-order valence-electron chi connectivity index (χ2n) is 4.33. The normalized spacial score (nSPS) is 13.2. The van der Waals surface area contributed by atoms with Crippen molar-refractivity contribution in [2.24, 2.45) is 0 Å². The number of methoxy groups -OCH3 is 1. The molecule has 21 heavy (non-hydrogen) atoms. The molecule has 0 aromatic heterocycles. The second-order valence-corrected chi connectivity index (χ2v) is 5.24. The van der Waals surface area contributed by atoms with Crippen LogP contribution in [0.3, 0.4) is 0 Å². The van der Waals surface area contributed by atoms with Gasteiger partial charge in [0.1, 0.15) is 0 Å². The Morgan fingerprint density at radius 2 is 2.00 bits per heavy atom. The standard InChI is InChI=1S/C13H17BrF3NO3/c1-20-2-3-21-8-12(19)7-18-11-5-9(13(15,16)17)4-10(14)6-11/h4-6,12,18-19H,2-3,7-8H2,1H3. The van der Waals surface area contributed by atoms with Crippen LogP contribution in [0.15, 0.2) is 22.7 Å². The molecular formula is C13H17BrF3NO3. The van der Waals surface area contributed by atoms with E-state index in [9.17, 15) is 18.3 Å². The van der Waals surface area contributed by atoms with E-state index < -0.39 is 17.8 Å². The molecule has 2 N–H and O–H groups in total. The van der Waals surface area contributed by atoms with E-state index >= 15 is 0 Å². The van der Waals surface area contributed by atoms with Gasteiger partial charge in [0.15, 0.2) is 0 Å². The van der Waals surface area contributed by atoms with Gasteiger partial charge in [-0.3, -0.25) is 0 Å². The monoisotopic (exact) mass is 371 g/mol. The van der Waals surface area contributed by atoms with Gasteiger partial charge < -0.3 is 19.9 Å². The summed E-state index contributed by atoms with van der Waals surface area (Å²) in [7, 11) is 1.53. The van der Waals surface area contributed by atoms with Crippen LogP contribution >= 0.6 is 15.9 Å². The summed E-state index contributed by atoms with van der Waals surface area (Å²) in [6, 6.07) is 3.49. The number of benzene rings is 1. The molecule has 8 heteroatoms. The average molecular weight is 372 g/mol. The van der Waals surface area contributed by atoms with Crippen LogP contribution in [0.5, 0.6) is 0 Å². The molecule has 0 aliphatic heterocycles. The quantitative estimate of drug-likeness (QED) is 0.690. The summed E-state index contributed by atoms with van der Waals surface area (Å²) < 4.78 is 48.2. The summed E-state index contributed by atoms with van der Waals surface area (Å²) in [6.45, 7) is 0.931. The van der Waals surface area contributed by atoms with Gasteiger partial charge in [-0.2, -0.15) is 13.2 Å². The van der Waals surface area contributed by atoms with Crippen molar-refractivity contribution in [3.63, 3.8) is 0 Å². The molecule has 4 nitrogen and oxygen atoms in total. The van der Waals surface area contributed by atoms with Crippen LogP contribution in [0.1, 0.15) is 5.56 Å². The number of hydrogen-bond donors (Lipinski definition) is 2. The number of rotatable bonds is 8. The Labute approximate surface area is 129 Å². The van der Waals surface area contributed by atoms with Gasteiger partial charge in [0, 0.05) is 23.8 Å². The van der Waals surface area contributed by atoms with E-state index in [-0.39, 0.29) is 18.8 Å². The molecule has 0 fully saturated rings. The van der Waals surface area contributed by atoms with Gasteiger partial charge in [0.2, 0.25) is 0 Å². The Morgan fingerprint density at radius 3 is 2.62 bits per heavy atom. The minimum Gasteiger partial charge on any atom is -0.389 e. The van der Waals surface area contributed by atoms with E-state index in [2.05, 4.69) is 21.2 Å². The molecule has 0 aliphatic rings. The molecule has 120 valence electrons. The Hall–Kier alpha value is -0.830. The third kappa shape index (κ3) is 7.12. The van der Waals surface area contributed by atoms with Gasteiger partial charge in [0.05, 0.1) is 31.5 Å². The lowest BCUT2D eigenvalue weighted by Gasteiger charge is -2.15. The van der Waals surface area contributed by atoms with Crippen molar-refractivity contribution in [3.8, 4) is 0 Å². The number of alkyl halides is 3. The highest BCUT2D eigenvalue weighted by atomic mass is 79.9. The molecule has 0 spiro atoms. The van der Waals surface area contributed by atoms with E-state index in [0.717, 1.165) is 12.1 Å². The number of ether oxygens (including phenoxy) is 2. The number of aliphatic hydroxyl groups is 1. The molecule has 1 rings (SSSR count). The summed E-state index contributed by atoms with van der Waals surface area (Å²) >= 11 is 3.03. The summed E-state index contributed by atoms with van der Waals surface area (Å²) in [5, 5.41) is 12.4. The van der Waals surface area contributed by atoms with Crippen molar-refractivity contribution in [2.45, 2.75) is 12.3 Å². The SMILES string of the molecule is COCCOCC(O)CNc1cc(Br)cc(C(F)(F)F)c1. The van der Waals surface area contributed by atoms with E-state index in [1.54, 1.807) is 0 Å². The summed E-state index contributed by atoms with van der Waals surface area (Å²) in [6.07, 6.45) is -5.24. The third-order valence-corrected chi connectivity index (χ3v) is 2.97. The number of anilines is 1. The Bertz CT molecular complexity index is 443. The average Bonchev–Trinajstić information content (AvgIpc) is 2.40. The first-order chi connectivity index (χ1) is 9.82. The minimum absolute atomic E-state index is 0.0799. The first-order valence-corrected chi connectivity index (χ1v) is 6.98. The maximum Gasteiger partial charge on any atom is 0.416 e. The smallest absolute Gasteiger partial charge is 0.389 e. The van der Waals surface area contributed by atoms with E-state index in [0.29, 0.717) is 17.7 Å². The van der Waals surface area contributed by atoms with Gasteiger partial charge in [-0.15, -0.1) is 0 Å². The van der Waals surface area contributed by atoms with Crippen molar-refractivity contribution in [1.82, 2.24) is 0 Å². The molecule has 1 aromatic rings. The highest BCUT2D eigenvalue weighted by Crippen LogP contribution is 2.33. The molecule has 0 saturated heterocycles. The minimum atomic E-state index is -4.41. The van der Waals surface area contributed by atoms with Crippen molar-refractivity contribution in [3.05, 3.63) is 28.2 Å². The Kier molecular flexibility index (Phi) is 7.44. The van der Waals surface area contributed by atoms with Crippen LogP contribution in [0.4, 0.5) is 18.9 Å². The predicted octanol–water partition coefficient (Wildman–Crippen LogP) is 2.90. The van der Waals surface area contributed by atoms with Gasteiger partial charge in [-0.05, 0) is 18.2 Å². The van der Waals surface area contributed by atoms with Crippen molar-refractivity contribution in [2.75, 3.05) is 38.8 Å². The van der Waals surface area contributed by atoms with E-state index in [1.807, 2.05) is 0 Å². The lowest BCUT2D eigenvalue weighted by molar-refractivity contribution is -0.137. The van der Waals surface area contributed by atoms with Gasteiger partial charge >= 0.3 is 6.18 Å². The fourth-order valence-electron chi connectivity index (χ4n) is 1.51. The van der Waals surface area contributed by atoms with Crippen molar-refractivity contribution < 1.29 is 27.8 Å². The predicted molar refractivity (Wildman–Crippen MR) is 76.3 cm³/mol. The lowest BCUT2D eigenvalue weighted by atomic mass is 10.2. The highest BCUT2D eigenvalue weighted by molar-refractivity contribution is 9.10. The Balaban J connectivity index is 2.49. The van der Waals surface area contributed by atoms with Crippen LogP contribution in [0.25, 0.3) is 0 Å². The number of aliphatic hydroxyl groups excluding tert-OH is 1. The van der Waals surface area contributed by atoms with Crippen molar-refractivity contribution in [1.29, 1.82) is 0 Å². The zero-order valence-electron chi connectivity index (χ0n) is 11.4. The van der Waals surface area contributed by atoms with Gasteiger partial charge in [0.25, 0.3) is 0 Å². The molecule has 0 amide bonds. The third-order valence-electron chi connectivity index (χ3n) is 2.51. The topological polar surface area (TPSA) is 50.7 Å². The molecule has 0 aliphatic carbocycles. The number of hydrogen-bond acceptors (Lipinski definition) is 4. The fourth-order valence-corrected chi connectivity index (χ4v) is 2.00. The van der Waals surface area contributed by atoms with Crippen LogP contribution < -0.4 is 5.32 Å². The number of halogens is 4. The zero-order chi connectivity index (χ0) is 15.9. The zero-order valence-corrected chi connectivity index (χ0v) is 13.0. The summed E-state index contributed by atoms with van der Waals surface area (Å²) in [4.78, 5) is 0. The van der Waals surface area contributed by atoms with Crippen LogP contribution in [-0.2, 0) is 15.7 Å². The second kappa shape index (κ2) is 8.57. The fraction of sp³-hybridized carbons (Fsp3) is 0.538. The molecule has 0 saturated carbocycles. The van der Waals surface area contributed by atoms with Gasteiger partial charge in [-0.1, -0.05) is 15.9 Å². The van der Waals surface area contributed by atoms with Crippen LogP contribution in [-0.4, -0.2) is 44.7 Å². The molecule has 1 unspecified atom stereocenters. The lowest BCUT2D eigenvalue weighted by Crippen LogP contribution is -2.25. The van der Waals surface area contributed by atoms with Crippen LogP contribution in [0, 0.1) is 0 Å². The number of nitrogens with one attached hydrogen (secondary N) is 1. The van der Waals surface area contributed by atoms with Crippen molar-refractivity contribution >= 4 is 21.6 Å². The first kappa shape index (κ1) is 18.2. The molecule has 0 radical (unpaired) electrons. The molecular weight excluding hydrogens is 355 g/mol. The molecule has 1 aromatic carbocycles. The summed E-state index contributed by atoms with van der Waals surface area (Å²) in [5.74, 6) is 0. The van der Waals surface area contributed by atoms with E-state index in [4.69, 9.17) is 9.47 Å².